The zero-order chi connectivity index (χ0) is 12.6. The summed E-state index contributed by atoms with van der Waals surface area (Å²) in [5.41, 5.74) is 0.334. The molecule has 0 aromatic rings. The zero-order valence-electron chi connectivity index (χ0n) is 11.2. The highest BCUT2D eigenvalue weighted by Crippen LogP contribution is 2.24. The van der Waals surface area contributed by atoms with Crippen molar-refractivity contribution in [2.45, 2.75) is 53.4 Å². The van der Waals surface area contributed by atoms with E-state index < -0.39 is 5.97 Å². The van der Waals surface area contributed by atoms with Crippen LogP contribution in [0, 0.1) is 11.3 Å². The summed E-state index contributed by atoms with van der Waals surface area (Å²) in [6.45, 7) is 11.1. The fourth-order valence-corrected chi connectivity index (χ4v) is 1.32. The molecule has 3 heteroatoms. The summed E-state index contributed by atoms with van der Waals surface area (Å²) in [4.78, 5) is 10.3. The normalized spacial score (nSPS) is 12.1. The van der Waals surface area contributed by atoms with Gasteiger partial charge in [-0.25, -0.2) is 0 Å². The third-order valence-corrected chi connectivity index (χ3v) is 3.39. The first-order valence-corrected chi connectivity index (χ1v) is 6.29. The average Bonchev–Trinajstić information content (AvgIpc) is 2.15. The van der Waals surface area contributed by atoms with Crippen molar-refractivity contribution in [1.29, 1.82) is 0 Å². The van der Waals surface area contributed by atoms with Crippen molar-refractivity contribution in [2.75, 3.05) is 13.1 Å². The quantitative estimate of drug-likeness (QED) is 0.598. The van der Waals surface area contributed by atoms with Gasteiger partial charge in [0.25, 0.3) is 0 Å². The van der Waals surface area contributed by atoms with Crippen molar-refractivity contribution >= 4 is 5.97 Å². The van der Waals surface area contributed by atoms with Crippen LogP contribution in [0.15, 0.2) is 0 Å². The van der Waals surface area contributed by atoms with Gasteiger partial charge in [-0.2, -0.15) is 0 Å². The second-order valence-corrected chi connectivity index (χ2v) is 5.52. The lowest BCUT2D eigenvalue weighted by Gasteiger charge is -2.29. The summed E-state index contributed by atoms with van der Waals surface area (Å²) >= 11 is 0. The molecule has 2 N–H and O–H groups in total. The van der Waals surface area contributed by atoms with Crippen LogP contribution in [0.5, 0.6) is 0 Å². The number of carboxylic acids is 1. The van der Waals surface area contributed by atoms with Gasteiger partial charge in [0.2, 0.25) is 0 Å². The van der Waals surface area contributed by atoms with Gasteiger partial charge in [-0.15, -0.1) is 0 Å². The molecule has 3 nitrogen and oxygen atoms in total. The Morgan fingerprint density at radius 2 is 1.88 bits per heavy atom. The van der Waals surface area contributed by atoms with Gasteiger partial charge in [0.15, 0.2) is 0 Å². The summed E-state index contributed by atoms with van der Waals surface area (Å²) in [6.07, 6.45) is 3.17. The molecule has 96 valence electrons. The van der Waals surface area contributed by atoms with E-state index in [1.165, 1.54) is 0 Å². The van der Waals surface area contributed by atoms with E-state index in [2.05, 4.69) is 33.0 Å². The average molecular weight is 229 g/mol. The molecule has 0 radical (unpaired) electrons. The van der Waals surface area contributed by atoms with Crippen molar-refractivity contribution in [2.24, 2.45) is 11.3 Å². The minimum absolute atomic E-state index is 0.303. The van der Waals surface area contributed by atoms with E-state index in [1.54, 1.807) is 0 Å². The Kier molecular flexibility index (Phi) is 7.39. The van der Waals surface area contributed by atoms with Crippen molar-refractivity contribution in [3.8, 4) is 0 Å². The van der Waals surface area contributed by atoms with Crippen molar-refractivity contribution in [3.63, 3.8) is 0 Å². The number of unbranched alkanes of at least 4 members (excludes halogenated alkanes) is 2. The zero-order valence-corrected chi connectivity index (χ0v) is 11.2. The number of hydrogen-bond donors (Lipinski definition) is 2. The minimum atomic E-state index is -0.686. The van der Waals surface area contributed by atoms with E-state index in [1.807, 2.05) is 0 Å². The Morgan fingerprint density at radius 3 is 2.38 bits per heavy atom. The largest absolute Gasteiger partial charge is 0.481 e. The number of nitrogens with one attached hydrogen (secondary N) is 1. The summed E-state index contributed by atoms with van der Waals surface area (Å²) in [5.74, 6) is -0.0130. The molecule has 0 saturated carbocycles. The first-order chi connectivity index (χ1) is 7.36. The monoisotopic (exact) mass is 229 g/mol. The first kappa shape index (κ1) is 15.4. The fourth-order valence-electron chi connectivity index (χ4n) is 1.32. The number of rotatable bonds is 9. The number of carboxylic acid groups (broad SMARTS) is 1. The van der Waals surface area contributed by atoms with Gasteiger partial charge >= 0.3 is 5.97 Å². The predicted molar refractivity (Wildman–Crippen MR) is 67.6 cm³/mol. The second-order valence-electron chi connectivity index (χ2n) is 5.52. The smallest absolute Gasteiger partial charge is 0.303 e. The van der Waals surface area contributed by atoms with Gasteiger partial charge in [-0.1, -0.05) is 34.1 Å². The summed E-state index contributed by atoms with van der Waals surface area (Å²) in [6, 6.07) is 0. The molecule has 0 bridgehead atoms. The molecule has 0 unspecified atom stereocenters. The molecule has 0 aliphatic heterocycles. The lowest BCUT2D eigenvalue weighted by Crippen LogP contribution is -2.33. The molecule has 16 heavy (non-hydrogen) atoms. The summed E-state index contributed by atoms with van der Waals surface area (Å²) < 4.78 is 0. The number of carbonyl (C=O) groups is 1. The van der Waals surface area contributed by atoms with Crippen LogP contribution in [0.25, 0.3) is 0 Å². The molecule has 0 aliphatic rings. The maximum Gasteiger partial charge on any atom is 0.303 e. The standard InChI is InChI=1S/C13H27NO2/c1-11(2)13(3,4)10-14-9-7-5-6-8-12(15)16/h11,14H,5-10H2,1-4H3,(H,15,16). The van der Waals surface area contributed by atoms with E-state index in [9.17, 15) is 4.79 Å². The predicted octanol–water partition coefficient (Wildman–Crippen LogP) is 2.90. The molecular weight excluding hydrogens is 202 g/mol. The van der Waals surface area contributed by atoms with Crippen molar-refractivity contribution in [1.82, 2.24) is 5.32 Å². The molecule has 0 spiro atoms. The Hall–Kier alpha value is -0.570. The van der Waals surface area contributed by atoms with Gasteiger partial charge in [0, 0.05) is 13.0 Å². The number of hydrogen-bond acceptors (Lipinski definition) is 2. The molecule has 0 heterocycles. The molecule has 0 aromatic heterocycles. The molecule has 0 rings (SSSR count). The topological polar surface area (TPSA) is 49.3 Å². The second kappa shape index (κ2) is 7.66. The van der Waals surface area contributed by atoms with E-state index in [-0.39, 0.29) is 0 Å². The van der Waals surface area contributed by atoms with Gasteiger partial charge in [-0.05, 0) is 30.7 Å². The highest BCUT2D eigenvalue weighted by atomic mass is 16.4. The fraction of sp³-hybridized carbons (Fsp3) is 0.923. The van der Waals surface area contributed by atoms with Gasteiger partial charge in [0.1, 0.15) is 0 Å². The van der Waals surface area contributed by atoms with Gasteiger partial charge in [0.05, 0.1) is 0 Å². The first-order valence-electron chi connectivity index (χ1n) is 6.29. The summed E-state index contributed by atoms with van der Waals surface area (Å²) in [5, 5.41) is 11.9. The Balaban J connectivity index is 3.37. The van der Waals surface area contributed by atoms with E-state index in [4.69, 9.17) is 5.11 Å². The minimum Gasteiger partial charge on any atom is -0.481 e. The Morgan fingerprint density at radius 1 is 1.25 bits per heavy atom. The molecular formula is C13H27NO2. The van der Waals surface area contributed by atoms with Crippen LogP contribution in [0.3, 0.4) is 0 Å². The van der Waals surface area contributed by atoms with Crippen LogP contribution in [-0.2, 0) is 4.79 Å². The molecule has 0 fully saturated rings. The lowest BCUT2D eigenvalue weighted by molar-refractivity contribution is -0.137. The van der Waals surface area contributed by atoms with Crippen LogP contribution in [0.1, 0.15) is 53.4 Å². The molecule has 0 amide bonds. The van der Waals surface area contributed by atoms with E-state index >= 15 is 0 Å². The molecule has 0 aromatic carbocycles. The SMILES string of the molecule is CC(C)C(C)(C)CNCCCCCC(=O)O. The van der Waals surface area contributed by atoms with Crippen LogP contribution in [-0.4, -0.2) is 24.2 Å². The third-order valence-electron chi connectivity index (χ3n) is 3.39. The van der Waals surface area contributed by atoms with Crippen molar-refractivity contribution in [3.05, 3.63) is 0 Å². The summed E-state index contributed by atoms with van der Waals surface area (Å²) in [7, 11) is 0. The van der Waals surface area contributed by atoms with Crippen LogP contribution in [0.2, 0.25) is 0 Å². The Bertz CT molecular complexity index is 200. The Labute approximate surface area is 99.6 Å². The number of aliphatic carboxylic acids is 1. The van der Waals surface area contributed by atoms with E-state index in [0.29, 0.717) is 17.8 Å². The third kappa shape index (κ3) is 7.69. The molecule has 0 aliphatic carbocycles. The van der Waals surface area contributed by atoms with Crippen LogP contribution in [0.4, 0.5) is 0 Å². The molecule has 0 atom stereocenters. The maximum atomic E-state index is 10.3. The van der Waals surface area contributed by atoms with Gasteiger partial charge in [-0.3, -0.25) is 4.79 Å². The lowest BCUT2D eigenvalue weighted by atomic mass is 9.81. The molecule has 0 saturated heterocycles. The van der Waals surface area contributed by atoms with E-state index in [0.717, 1.165) is 32.4 Å². The van der Waals surface area contributed by atoms with Gasteiger partial charge < -0.3 is 10.4 Å². The highest BCUT2D eigenvalue weighted by molar-refractivity contribution is 5.66. The van der Waals surface area contributed by atoms with Crippen LogP contribution >= 0.6 is 0 Å². The van der Waals surface area contributed by atoms with Crippen LogP contribution < -0.4 is 5.32 Å². The van der Waals surface area contributed by atoms with Crippen molar-refractivity contribution < 1.29 is 9.90 Å². The highest BCUT2D eigenvalue weighted by Gasteiger charge is 2.21. The maximum absolute atomic E-state index is 10.3.